The molecule has 59 heavy (non-hydrogen) atoms. The number of likely N-dealkylation sites (N-methyl/N-ethyl adjacent to an activating group) is 1. The van der Waals surface area contributed by atoms with Gasteiger partial charge in [-0.15, -0.1) is 0 Å². The van der Waals surface area contributed by atoms with Crippen molar-refractivity contribution >= 4 is 13.8 Å². The van der Waals surface area contributed by atoms with E-state index in [-0.39, 0.29) is 25.8 Å². The fourth-order valence-corrected chi connectivity index (χ4v) is 7.60. The van der Waals surface area contributed by atoms with E-state index in [0.29, 0.717) is 17.4 Å². The number of allylic oxidation sites excluding steroid dienone is 5. The van der Waals surface area contributed by atoms with E-state index >= 15 is 0 Å². The van der Waals surface area contributed by atoms with Gasteiger partial charge in [-0.1, -0.05) is 173 Å². The van der Waals surface area contributed by atoms with Gasteiger partial charge in [0.15, 0.2) is 6.10 Å². The number of quaternary nitrogens is 1. The maximum Gasteiger partial charge on any atom is 0.472 e. The number of phosphoric ester groups is 1. The molecule has 348 valence electrons. The predicted molar refractivity (Wildman–Crippen MR) is 252 cm³/mol. The van der Waals surface area contributed by atoms with Crippen LogP contribution < -0.4 is 0 Å². The number of hydrogen-bond donors (Lipinski definition) is 1. The smallest absolute Gasteiger partial charge is 0.472 e. The first kappa shape index (κ1) is 57.6. The summed E-state index contributed by atoms with van der Waals surface area (Å²) in [6.45, 7) is 4.93. The van der Waals surface area contributed by atoms with Gasteiger partial charge < -0.3 is 18.9 Å². The molecule has 0 saturated carbocycles. The Hall–Kier alpha value is -1.44. The Morgan fingerprint density at radius 1 is 0.525 bits per heavy atom. The second kappa shape index (κ2) is 43.2. The minimum Gasteiger partial charge on any atom is -0.498 e. The van der Waals surface area contributed by atoms with Gasteiger partial charge in [0.1, 0.15) is 19.8 Å². The summed E-state index contributed by atoms with van der Waals surface area (Å²) in [5.74, 6) is -0.336. The van der Waals surface area contributed by atoms with Crippen molar-refractivity contribution in [3.8, 4) is 0 Å². The molecule has 0 bridgehead atoms. The number of unbranched alkanes of at least 4 members (excludes halogenated alkanes) is 28. The quantitative estimate of drug-likeness (QED) is 0.0163. The summed E-state index contributed by atoms with van der Waals surface area (Å²) < 4.78 is 34.8. The van der Waals surface area contributed by atoms with Crippen LogP contribution in [-0.4, -0.2) is 69.0 Å². The van der Waals surface area contributed by atoms with Crippen molar-refractivity contribution in [2.45, 2.75) is 232 Å². The van der Waals surface area contributed by atoms with Gasteiger partial charge in [-0.2, -0.15) is 0 Å². The molecule has 0 aromatic heterocycles. The minimum atomic E-state index is -4.29. The van der Waals surface area contributed by atoms with E-state index in [1.165, 1.54) is 173 Å². The zero-order chi connectivity index (χ0) is 43.4. The third-order valence-corrected chi connectivity index (χ3v) is 11.7. The highest BCUT2D eigenvalue weighted by Gasteiger charge is 2.26. The minimum absolute atomic E-state index is 0.0463. The Morgan fingerprint density at radius 2 is 0.898 bits per heavy atom. The Kier molecular flexibility index (Phi) is 42.2. The molecule has 0 aliphatic carbocycles. The van der Waals surface area contributed by atoms with Crippen LogP contribution in [0.4, 0.5) is 0 Å². The number of carbonyl (C=O) groups is 1. The summed E-state index contributed by atoms with van der Waals surface area (Å²) in [5.41, 5.74) is 0. The van der Waals surface area contributed by atoms with Crippen molar-refractivity contribution in [1.29, 1.82) is 0 Å². The molecule has 0 spiro atoms. The predicted octanol–water partition coefficient (Wildman–Crippen LogP) is 15.3. The fraction of sp³-hybridized carbons (Fsp3) is 0.860. The van der Waals surface area contributed by atoms with Gasteiger partial charge in [-0.25, -0.2) is 4.57 Å². The van der Waals surface area contributed by atoms with Crippen LogP contribution in [0.3, 0.4) is 0 Å². The first-order chi connectivity index (χ1) is 28.6. The van der Waals surface area contributed by atoms with Crippen LogP contribution >= 0.6 is 7.82 Å². The molecule has 0 aliphatic heterocycles. The lowest BCUT2D eigenvalue weighted by molar-refractivity contribution is -0.870. The monoisotopic (exact) mass is 855 g/mol. The molecule has 0 heterocycles. The van der Waals surface area contributed by atoms with Crippen LogP contribution in [0.25, 0.3) is 0 Å². The summed E-state index contributed by atoms with van der Waals surface area (Å²) in [6, 6.07) is 0. The zero-order valence-electron chi connectivity index (χ0n) is 39.5. The number of phosphoric acid groups is 1. The highest BCUT2D eigenvalue weighted by molar-refractivity contribution is 7.47. The normalized spacial score (nSPS) is 13.9. The standard InChI is InChI=1S/C50H96NO7P/c1-6-8-10-12-14-16-18-20-22-24-25-26-27-28-29-31-33-35-37-39-41-43-50(52)58-49(48-57-59(53,54)56-46-44-51(3,4)5)47-55-45-42-40-38-36-34-32-30-23-21-19-17-15-13-11-9-7-2/h17,19-20,22,42,45,49H,6-16,18,21,23-41,43-44,46-48H2,1-5H3/p+1/b19-17-,22-20-,45-42-/t49-/m1/s1. The van der Waals surface area contributed by atoms with Gasteiger partial charge in [0.2, 0.25) is 0 Å². The summed E-state index contributed by atoms with van der Waals surface area (Å²) >= 11 is 0. The van der Waals surface area contributed by atoms with Crippen molar-refractivity contribution < 1.29 is 37.3 Å². The summed E-state index contributed by atoms with van der Waals surface area (Å²) in [7, 11) is 1.64. The van der Waals surface area contributed by atoms with Crippen LogP contribution in [0.5, 0.6) is 0 Å². The largest absolute Gasteiger partial charge is 0.498 e. The van der Waals surface area contributed by atoms with Crippen molar-refractivity contribution in [2.24, 2.45) is 0 Å². The number of carbonyl (C=O) groups excluding carboxylic acids is 1. The van der Waals surface area contributed by atoms with Crippen molar-refractivity contribution in [1.82, 2.24) is 0 Å². The van der Waals surface area contributed by atoms with Crippen molar-refractivity contribution in [3.05, 3.63) is 36.6 Å². The van der Waals surface area contributed by atoms with E-state index in [4.69, 9.17) is 18.5 Å². The average Bonchev–Trinajstić information content (AvgIpc) is 3.19. The fourth-order valence-electron chi connectivity index (χ4n) is 6.86. The number of nitrogens with zero attached hydrogens (tertiary/aromatic N) is 1. The molecule has 0 aliphatic rings. The summed E-state index contributed by atoms with van der Waals surface area (Å²) in [6.07, 6.45) is 52.8. The maximum absolute atomic E-state index is 12.7. The second-order valence-corrected chi connectivity index (χ2v) is 19.4. The van der Waals surface area contributed by atoms with Gasteiger partial charge in [-0.05, 0) is 76.7 Å². The second-order valence-electron chi connectivity index (χ2n) is 17.9. The Labute approximate surface area is 365 Å². The first-order valence-electron chi connectivity index (χ1n) is 24.8. The van der Waals surface area contributed by atoms with E-state index in [2.05, 4.69) is 38.2 Å². The Bertz CT molecular complexity index is 1040. The molecule has 0 saturated heterocycles. The van der Waals surface area contributed by atoms with E-state index < -0.39 is 13.9 Å². The average molecular weight is 855 g/mol. The highest BCUT2D eigenvalue weighted by Crippen LogP contribution is 2.43. The highest BCUT2D eigenvalue weighted by atomic mass is 31.2. The van der Waals surface area contributed by atoms with Gasteiger partial charge >= 0.3 is 13.8 Å². The lowest BCUT2D eigenvalue weighted by atomic mass is 10.0. The number of hydrogen-bond acceptors (Lipinski definition) is 6. The van der Waals surface area contributed by atoms with E-state index in [0.717, 1.165) is 32.1 Å². The lowest BCUT2D eigenvalue weighted by Crippen LogP contribution is -2.37. The van der Waals surface area contributed by atoms with Crippen molar-refractivity contribution in [2.75, 3.05) is 47.5 Å². The third kappa shape index (κ3) is 47.5. The van der Waals surface area contributed by atoms with Crippen LogP contribution in [-0.2, 0) is 27.9 Å². The molecule has 2 atom stereocenters. The zero-order valence-corrected chi connectivity index (χ0v) is 40.4. The Morgan fingerprint density at radius 3 is 1.32 bits per heavy atom. The van der Waals surface area contributed by atoms with Gasteiger partial charge in [0.05, 0.1) is 34.0 Å². The van der Waals surface area contributed by atoms with E-state index in [1.54, 1.807) is 6.26 Å². The van der Waals surface area contributed by atoms with Gasteiger partial charge in [-0.3, -0.25) is 13.8 Å². The third-order valence-electron chi connectivity index (χ3n) is 10.7. The molecule has 0 rings (SSSR count). The molecule has 0 fully saturated rings. The SMILES string of the molecule is CCCCCC/C=C\CCCCCCCC/C=C\OC[C@H](COP(=O)(O)OCC[N+](C)(C)C)OC(=O)CCCCCCCCCCCCC/C=C\CCCCCCCC. The molecule has 0 amide bonds. The van der Waals surface area contributed by atoms with Crippen LogP contribution in [0.1, 0.15) is 226 Å². The first-order valence-corrected chi connectivity index (χ1v) is 26.3. The molecular formula is C50H97NO7P+. The van der Waals surface area contributed by atoms with Crippen LogP contribution in [0, 0.1) is 0 Å². The molecule has 0 aromatic carbocycles. The molecule has 1 unspecified atom stereocenters. The molecule has 1 N–H and O–H groups in total. The molecular weight excluding hydrogens is 758 g/mol. The number of esters is 1. The van der Waals surface area contributed by atoms with Crippen LogP contribution in [0.15, 0.2) is 36.6 Å². The van der Waals surface area contributed by atoms with Gasteiger partial charge in [0.25, 0.3) is 0 Å². The Balaban J connectivity index is 4.19. The molecule has 8 nitrogen and oxygen atoms in total. The lowest BCUT2D eigenvalue weighted by Gasteiger charge is -2.24. The summed E-state index contributed by atoms with van der Waals surface area (Å²) in [4.78, 5) is 22.9. The van der Waals surface area contributed by atoms with E-state index in [9.17, 15) is 14.3 Å². The van der Waals surface area contributed by atoms with Crippen LogP contribution in [0.2, 0.25) is 0 Å². The maximum atomic E-state index is 12.7. The molecule has 0 aromatic rings. The van der Waals surface area contributed by atoms with Crippen molar-refractivity contribution in [3.63, 3.8) is 0 Å². The van der Waals surface area contributed by atoms with E-state index in [1.807, 2.05) is 27.2 Å². The number of ether oxygens (including phenoxy) is 2. The summed E-state index contributed by atoms with van der Waals surface area (Å²) in [5, 5.41) is 0. The topological polar surface area (TPSA) is 91.3 Å². The number of rotatable bonds is 46. The van der Waals surface area contributed by atoms with Gasteiger partial charge in [0, 0.05) is 6.42 Å². The molecule has 0 radical (unpaired) electrons. The molecule has 9 heteroatoms.